The first-order chi connectivity index (χ1) is 9.67. The summed E-state index contributed by atoms with van der Waals surface area (Å²) < 4.78 is 10.6. The summed E-state index contributed by atoms with van der Waals surface area (Å²) >= 11 is 1.40. The molecule has 0 radical (unpaired) electrons. The molecule has 0 aliphatic carbocycles. The van der Waals surface area contributed by atoms with Crippen LogP contribution in [0.3, 0.4) is 0 Å². The van der Waals surface area contributed by atoms with Crippen molar-refractivity contribution >= 4 is 17.2 Å². The summed E-state index contributed by atoms with van der Waals surface area (Å²) in [4.78, 5) is 17.8. The smallest absolute Gasteiger partial charge is 0.273 e. The molecule has 0 saturated carbocycles. The van der Waals surface area contributed by atoms with E-state index in [1.54, 1.807) is 37.1 Å². The lowest BCUT2D eigenvalue weighted by molar-refractivity contribution is 0.0779. The highest BCUT2D eigenvalue weighted by Gasteiger charge is 2.17. The molecule has 0 aliphatic rings. The molecular formula is C14H16N2O3S. The normalized spacial score (nSPS) is 10.2. The fourth-order valence-corrected chi connectivity index (χ4v) is 2.45. The Labute approximate surface area is 121 Å². The van der Waals surface area contributed by atoms with Gasteiger partial charge in [0.1, 0.15) is 5.69 Å². The van der Waals surface area contributed by atoms with Crippen LogP contribution in [0.5, 0.6) is 11.5 Å². The van der Waals surface area contributed by atoms with Crippen molar-refractivity contribution in [3.8, 4) is 11.5 Å². The van der Waals surface area contributed by atoms with Crippen molar-refractivity contribution in [2.45, 2.75) is 6.54 Å². The predicted octanol–water partition coefficient (Wildman–Crippen LogP) is 2.43. The number of hydrogen-bond acceptors (Lipinski definition) is 5. The zero-order valence-electron chi connectivity index (χ0n) is 11.6. The van der Waals surface area contributed by atoms with E-state index in [-0.39, 0.29) is 5.91 Å². The van der Waals surface area contributed by atoms with E-state index in [2.05, 4.69) is 4.98 Å². The third-order valence-electron chi connectivity index (χ3n) is 2.89. The van der Waals surface area contributed by atoms with Gasteiger partial charge in [-0.1, -0.05) is 12.1 Å². The van der Waals surface area contributed by atoms with E-state index in [1.807, 2.05) is 18.2 Å². The lowest BCUT2D eigenvalue weighted by Gasteiger charge is -2.19. The molecule has 106 valence electrons. The Balaban J connectivity index is 2.19. The Bertz CT molecular complexity index is 584. The molecule has 1 aromatic carbocycles. The molecule has 0 bridgehead atoms. The average molecular weight is 292 g/mol. The van der Waals surface area contributed by atoms with Gasteiger partial charge < -0.3 is 14.4 Å². The fraction of sp³-hybridized carbons (Fsp3) is 0.286. The van der Waals surface area contributed by atoms with Crippen LogP contribution in [0.4, 0.5) is 0 Å². The van der Waals surface area contributed by atoms with E-state index < -0.39 is 0 Å². The van der Waals surface area contributed by atoms with Crippen LogP contribution in [0.25, 0.3) is 0 Å². The lowest BCUT2D eigenvalue weighted by atomic mass is 10.1. The number of ether oxygens (including phenoxy) is 2. The quantitative estimate of drug-likeness (QED) is 0.849. The number of para-hydroxylation sites is 1. The van der Waals surface area contributed by atoms with E-state index in [9.17, 15) is 4.79 Å². The molecule has 0 spiro atoms. The molecular weight excluding hydrogens is 276 g/mol. The van der Waals surface area contributed by atoms with Crippen LogP contribution in [0.1, 0.15) is 16.1 Å². The van der Waals surface area contributed by atoms with E-state index in [4.69, 9.17) is 9.47 Å². The first-order valence-corrected chi connectivity index (χ1v) is 6.95. The van der Waals surface area contributed by atoms with Crippen LogP contribution in [0.15, 0.2) is 29.1 Å². The molecule has 0 saturated heterocycles. The minimum absolute atomic E-state index is 0.115. The SMILES string of the molecule is COc1cccc(CN(C)C(=O)c2cscn2)c1OC. The van der Waals surface area contributed by atoms with Crippen molar-refractivity contribution in [3.63, 3.8) is 0 Å². The van der Waals surface area contributed by atoms with Crippen molar-refractivity contribution in [2.75, 3.05) is 21.3 Å². The topological polar surface area (TPSA) is 51.7 Å². The predicted molar refractivity (Wildman–Crippen MR) is 77.5 cm³/mol. The van der Waals surface area contributed by atoms with E-state index in [0.717, 1.165) is 5.56 Å². The second-order valence-electron chi connectivity index (χ2n) is 4.19. The van der Waals surface area contributed by atoms with Gasteiger partial charge in [0.25, 0.3) is 5.91 Å². The third-order valence-corrected chi connectivity index (χ3v) is 3.48. The highest BCUT2D eigenvalue weighted by molar-refractivity contribution is 7.07. The largest absolute Gasteiger partial charge is 0.493 e. The number of aromatic nitrogens is 1. The van der Waals surface area contributed by atoms with Crippen LogP contribution in [0.2, 0.25) is 0 Å². The standard InChI is InChI=1S/C14H16N2O3S/c1-16(14(17)11-8-20-9-15-11)7-10-5-4-6-12(18-2)13(10)19-3/h4-6,8-9H,7H2,1-3H3. The minimum Gasteiger partial charge on any atom is -0.493 e. The van der Waals surface area contributed by atoms with Crippen LogP contribution in [-0.4, -0.2) is 37.1 Å². The number of carbonyl (C=O) groups is 1. The Morgan fingerprint density at radius 1 is 1.35 bits per heavy atom. The summed E-state index contributed by atoms with van der Waals surface area (Å²) in [5.74, 6) is 1.18. The third kappa shape index (κ3) is 2.91. The highest BCUT2D eigenvalue weighted by Crippen LogP contribution is 2.31. The van der Waals surface area contributed by atoms with Gasteiger partial charge in [-0.15, -0.1) is 11.3 Å². The Kier molecular flexibility index (Phi) is 4.57. The van der Waals surface area contributed by atoms with E-state index >= 15 is 0 Å². The van der Waals surface area contributed by atoms with Gasteiger partial charge in [0.05, 0.1) is 19.7 Å². The second kappa shape index (κ2) is 6.38. The number of nitrogens with zero attached hydrogens (tertiary/aromatic N) is 2. The maximum absolute atomic E-state index is 12.2. The van der Waals surface area contributed by atoms with Crippen LogP contribution < -0.4 is 9.47 Å². The van der Waals surface area contributed by atoms with Crippen LogP contribution in [-0.2, 0) is 6.54 Å². The summed E-state index contributed by atoms with van der Waals surface area (Å²) in [7, 11) is 4.91. The number of amides is 1. The first-order valence-electron chi connectivity index (χ1n) is 6.01. The van der Waals surface area contributed by atoms with Gasteiger partial charge >= 0.3 is 0 Å². The fourth-order valence-electron chi connectivity index (χ4n) is 1.92. The van der Waals surface area contributed by atoms with Crippen molar-refractivity contribution in [1.29, 1.82) is 0 Å². The monoisotopic (exact) mass is 292 g/mol. The number of hydrogen-bond donors (Lipinski definition) is 0. The maximum Gasteiger partial charge on any atom is 0.273 e. The van der Waals surface area contributed by atoms with Gasteiger partial charge in [-0.25, -0.2) is 4.98 Å². The highest BCUT2D eigenvalue weighted by atomic mass is 32.1. The Morgan fingerprint density at radius 3 is 2.75 bits per heavy atom. The summed E-state index contributed by atoms with van der Waals surface area (Å²) in [6.07, 6.45) is 0. The summed E-state index contributed by atoms with van der Waals surface area (Å²) in [6, 6.07) is 5.61. The van der Waals surface area contributed by atoms with Crippen molar-refractivity contribution < 1.29 is 14.3 Å². The molecule has 20 heavy (non-hydrogen) atoms. The molecule has 1 heterocycles. The van der Waals surface area contributed by atoms with Crippen molar-refractivity contribution in [2.24, 2.45) is 0 Å². The van der Waals surface area contributed by atoms with Gasteiger partial charge in [-0.05, 0) is 6.07 Å². The second-order valence-corrected chi connectivity index (χ2v) is 4.91. The molecule has 0 aliphatic heterocycles. The number of carbonyl (C=O) groups excluding carboxylic acids is 1. The van der Waals surface area contributed by atoms with Gasteiger partial charge in [0.15, 0.2) is 11.5 Å². The number of rotatable bonds is 5. The molecule has 0 fully saturated rings. The van der Waals surface area contributed by atoms with Crippen molar-refractivity contribution in [1.82, 2.24) is 9.88 Å². The number of thiazole rings is 1. The molecule has 2 aromatic rings. The molecule has 2 rings (SSSR count). The first kappa shape index (κ1) is 14.3. The summed E-state index contributed by atoms with van der Waals surface area (Å²) in [5, 5.41) is 1.74. The number of benzene rings is 1. The van der Waals surface area contributed by atoms with Gasteiger partial charge in [0.2, 0.25) is 0 Å². The zero-order valence-corrected chi connectivity index (χ0v) is 12.4. The minimum atomic E-state index is -0.115. The molecule has 0 unspecified atom stereocenters. The molecule has 1 amide bonds. The Hall–Kier alpha value is -2.08. The van der Waals surface area contributed by atoms with Crippen LogP contribution >= 0.6 is 11.3 Å². The maximum atomic E-state index is 12.2. The molecule has 0 N–H and O–H groups in total. The molecule has 5 nitrogen and oxygen atoms in total. The Morgan fingerprint density at radius 2 is 2.15 bits per heavy atom. The van der Waals surface area contributed by atoms with Gasteiger partial charge in [0, 0.05) is 24.5 Å². The van der Waals surface area contributed by atoms with Gasteiger partial charge in [-0.3, -0.25) is 4.79 Å². The van der Waals surface area contributed by atoms with Crippen LogP contribution in [0, 0.1) is 0 Å². The summed E-state index contributed by atoms with van der Waals surface area (Å²) in [5.41, 5.74) is 2.99. The lowest BCUT2D eigenvalue weighted by Crippen LogP contribution is -2.26. The molecule has 0 atom stereocenters. The van der Waals surface area contributed by atoms with Crippen molar-refractivity contribution in [3.05, 3.63) is 40.3 Å². The average Bonchev–Trinajstić information content (AvgIpc) is 3.00. The zero-order chi connectivity index (χ0) is 14.5. The number of methoxy groups -OCH3 is 2. The van der Waals surface area contributed by atoms with E-state index in [1.165, 1.54) is 11.3 Å². The summed E-state index contributed by atoms with van der Waals surface area (Å²) in [6.45, 7) is 0.427. The van der Waals surface area contributed by atoms with E-state index in [0.29, 0.717) is 23.7 Å². The van der Waals surface area contributed by atoms with Gasteiger partial charge in [-0.2, -0.15) is 0 Å². The molecule has 6 heteroatoms. The molecule has 1 aromatic heterocycles.